The number of fused-ring (bicyclic) bond motifs is 1. The number of benzene rings is 2. The number of carbonyl (C=O) groups is 1. The number of nitrogen functional groups attached to an aromatic ring is 1. The highest BCUT2D eigenvalue weighted by molar-refractivity contribution is 6.06. The van der Waals surface area contributed by atoms with Gasteiger partial charge in [-0.25, -0.2) is 0 Å². The molecule has 0 aliphatic heterocycles. The van der Waals surface area contributed by atoms with E-state index in [1.54, 1.807) is 12.1 Å². The molecule has 110 valence electrons. The predicted octanol–water partition coefficient (Wildman–Crippen LogP) is 3.69. The predicted molar refractivity (Wildman–Crippen MR) is 90.0 cm³/mol. The Morgan fingerprint density at radius 2 is 1.86 bits per heavy atom. The third kappa shape index (κ3) is 2.76. The summed E-state index contributed by atoms with van der Waals surface area (Å²) in [5, 5.41) is 3.85. The van der Waals surface area contributed by atoms with Crippen LogP contribution in [0.15, 0.2) is 48.5 Å². The summed E-state index contributed by atoms with van der Waals surface area (Å²) in [6.07, 6.45) is 0. The van der Waals surface area contributed by atoms with Gasteiger partial charge in [-0.1, -0.05) is 12.1 Å². The van der Waals surface area contributed by atoms with Gasteiger partial charge < -0.3 is 11.1 Å². The van der Waals surface area contributed by atoms with E-state index >= 15 is 0 Å². The van der Waals surface area contributed by atoms with Crippen LogP contribution in [0.1, 0.15) is 21.6 Å². The van der Waals surface area contributed by atoms with Crippen molar-refractivity contribution in [2.75, 3.05) is 11.1 Å². The largest absolute Gasteiger partial charge is 0.399 e. The average Bonchev–Trinajstić information content (AvgIpc) is 2.50. The minimum absolute atomic E-state index is 0.156. The lowest BCUT2D eigenvalue weighted by Gasteiger charge is -2.10. The van der Waals surface area contributed by atoms with E-state index in [2.05, 4.69) is 10.3 Å². The molecule has 4 nitrogen and oxygen atoms in total. The first-order valence-corrected chi connectivity index (χ1v) is 7.08. The highest BCUT2D eigenvalue weighted by Crippen LogP contribution is 2.20. The van der Waals surface area contributed by atoms with Gasteiger partial charge in [0.25, 0.3) is 5.91 Å². The summed E-state index contributed by atoms with van der Waals surface area (Å²) >= 11 is 0. The average molecular weight is 291 g/mol. The van der Waals surface area contributed by atoms with Crippen molar-refractivity contribution in [2.45, 2.75) is 13.8 Å². The van der Waals surface area contributed by atoms with E-state index in [4.69, 9.17) is 5.73 Å². The van der Waals surface area contributed by atoms with Gasteiger partial charge in [-0.3, -0.25) is 9.78 Å². The zero-order valence-corrected chi connectivity index (χ0v) is 12.6. The fraction of sp³-hybridized carbons (Fsp3) is 0.111. The zero-order chi connectivity index (χ0) is 15.7. The number of hydrogen-bond acceptors (Lipinski definition) is 3. The van der Waals surface area contributed by atoms with Crippen molar-refractivity contribution < 1.29 is 4.79 Å². The van der Waals surface area contributed by atoms with Crippen molar-refractivity contribution >= 4 is 28.2 Å². The van der Waals surface area contributed by atoms with Gasteiger partial charge in [0.15, 0.2) is 0 Å². The van der Waals surface area contributed by atoms with E-state index in [0.29, 0.717) is 11.3 Å². The minimum atomic E-state index is -0.156. The molecule has 0 radical (unpaired) electrons. The number of anilines is 2. The smallest absolute Gasteiger partial charge is 0.255 e. The molecule has 4 heteroatoms. The maximum atomic E-state index is 12.4. The third-order valence-corrected chi connectivity index (χ3v) is 3.60. The van der Waals surface area contributed by atoms with Crippen molar-refractivity contribution in [3.8, 4) is 0 Å². The van der Waals surface area contributed by atoms with Crippen LogP contribution in [0.4, 0.5) is 11.4 Å². The Kier molecular flexibility index (Phi) is 3.51. The number of aryl methyl sites for hydroxylation is 2. The SMILES string of the molecule is Cc1ccc2cc(C(=O)Nc3cc(N)ccc3C)ccc2n1. The lowest BCUT2D eigenvalue weighted by molar-refractivity contribution is 0.102. The first kappa shape index (κ1) is 14.1. The molecule has 0 unspecified atom stereocenters. The van der Waals surface area contributed by atoms with E-state index in [-0.39, 0.29) is 5.91 Å². The number of carbonyl (C=O) groups excluding carboxylic acids is 1. The van der Waals surface area contributed by atoms with E-state index in [1.165, 1.54) is 0 Å². The maximum absolute atomic E-state index is 12.4. The highest BCUT2D eigenvalue weighted by Gasteiger charge is 2.09. The van der Waals surface area contributed by atoms with E-state index in [1.807, 2.05) is 50.2 Å². The Bertz CT molecular complexity index is 871. The fourth-order valence-corrected chi connectivity index (χ4v) is 2.34. The van der Waals surface area contributed by atoms with Gasteiger partial charge >= 0.3 is 0 Å². The molecule has 0 aliphatic carbocycles. The Morgan fingerprint density at radius 3 is 2.68 bits per heavy atom. The minimum Gasteiger partial charge on any atom is -0.399 e. The first-order valence-electron chi connectivity index (χ1n) is 7.08. The first-order chi connectivity index (χ1) is 10.5. The molecule has 1 aromatic heterocycles. The summed E-state index contributed by atoms with van der Waals surface area (Å²) in [5.41, 5.74) is 10.5. The number of aromatic nitrogens is 1. The third-order valence-electron chi connectivity index (χ3n) is 3.60. The van der Waals surface area contributed by atoms with E-state index in [9.17, 15) is 4.79 Å². The van der Waals surface area contributed by atoms with Crippen LogP contribution in [-0.2, 0) is 0 Å². The lowest BCUT2D eigenvalue weighted by atomic mass is 10.1. The van der Waals surface area contributed by atoms with Gasteiger partial charge in [0.2, 0.25) is 0 Å². The molecule has 1 heterocycles. The number of nitrogens with zero attached hydrogens (tertiary/aromatic N) is 1. The Hall–Kier alpha value is -2.88. The molecule has 2 aromatic carbocycles. The molecular formula is C18H17N3O. The highest BCUT2D eigenvalue weighted by atomic mass is 16.1. The monoisotopic (exact) mass is 291 g/mol. The van der Waals surface area contributed by atoms with Gasteiger partial charge in [0, 0.05) is 28.0 Å². The number of nitrogens with two attached hydrogens (primary N) is 1. The van der Waals surface area contributed by atoms with Crippen LogP contribution in [0, 0.1) is 13.8 Å². The summed E-state index contributed by atoms with van der Waals surface area (Å²) in [5.74, 6) is -0.156. The molecule has 0 aliphatic rings. The van der Waals surface area contributed by atoms with Gasteiger partial charge in [0.05, 0.1) is 5.52 Å². The Labute approximate surface area is 129 Å². The zero-order valence-electron chi connectivity index (χ0n) is 12.6. The molecule has 0 bridgehead atoms. The van der Waals surface area contributed by atoms with Crippen LogP contribution in [0.25, 0.3) is 10.9 Å². The van der Waals surface area contributed by atoms with Gasteiger partial charge in [-0.2, -0.15) is 0 Å². The molecule has 0 saturated carbocycles. The normalized spacial score (nSPS) is 10.6. The quantitative estimate of drug-likeness (QED) is 0.708. The standard InChI is InChI=1S/C18H17N3O/c1-11-3-7-15(19)10-17(11)21-18(22)14-6-8-16-13(9-14)5-4-12(2)20-16/h3-10H,19H2,1-2H3,(H,21,22). The van der Waals surface area contributed by atoms with Crippen LogP contribution in [0.2, 0.25) is 0 Å². The number of hydrogen-bond donors (Lipinski definition) is 2. The van der Waals surface area contributed by atoms with Gasteiger partial charge in [0.1, 0.15) is 0 Å². The fourth-order valence-electron chi connectivity index (χ4n) is 2.34. The van der Waals surface area contributed by atoms with Crippen molar-refractivity contribution in [3.05, 3.63) is 65.4 Å². The summed E-state index contributed by atoms with van der Waals surface area (Å²) < 4.78 is 0. The topological polar surface area (TPSA) is 68.0 Å². The van der Waals surface area contributed by atoms with E-state index in [0.717, 1.165) is 27.8 Å². The molecule has 0 fully saturated rings. The molecule has 3 rings (SSSR count). The second-order valence-electron chi connectivity index (χ2n) is 5.39. The summed E-state index contributed by atoms with van der Waals surface area (Å²) in [6.45, 7) is 3.88. The molecule has 0 atom stereocenters. The number of amides is 1. The van der Waals surface area contributed by atoms with Crippen LogP contribution in [0.5, 0.6) is 0 Å². The number of rotatable bonds is 2. The molecule has 22 heavy (non-hydrogen) atoms. The Morgan fingerprint density at radius 1 is 1.05 bits per heavy atom. The second kappa shape index (κ2) is 5.48. The van der Waals surface area contributed by atoms with Crippen LogP contribution in [-0.4, -0.2) is 10.9 Å². The Balaban J connectivity index is 1.92. The number of pyridine rings is 1. The van der Waals surface area contributed by atoms with Crippen molar-refractivity contribution in [3.63, 3.8) is 0 Å². The lowest BCUT2D eigenvalue weighted by Crippen LogP contribution is -2.13. The molecule has 0 saturated heterocycles. The molecule has 0 spiro atoms. The van der Waals surface area contributed by atoms with Crippen LogP contribution >= 0.6 is 0 Å². The van der Waals surface area contributed by atoms with E-state index < -0.39 is 0 Å². The van der Waals surface area contributed by atoms with Gasteiger partial charge in [-0.05, 0) is 55.8 Å². The molecule has 3 N–H and O–H groups in total. The van der Waals surface area contributed by atoms with Crippen LogP contribution < -0.4 is 11.1 Å². The van der Waals surface area contributed by atoms with Crippen molar-refractivity contribution in [1.29, 1.82) is 0 Å². The molecule has 3 aromatic rings. The number of nitrogens with one attached hydrogen (secondary N) is 1. The van der Waals surface area contributed by atoms with Crippen molar-refractivity contribution in [1.82, 2.24) is 4.98 Å². The van der Waals surface area contributed by atoms with Gasteiger partial charge in [-0.15, -0.1) is 0 Å². The second-order valence-corrected chi connectivity index (χ2v) is 5.39. The van der Waals surface area contributed by atoms with Crippen LogP contribution in [0.3, 0.4) is 0 Å². The summed E-state index contributed by atoms with van der Waals surface area (Å²) in [6, 6.07) is 14.9. The molecular weight excluding hydrogens is 274 g/mol. The summed E-state index contributed by atoms with van der Waals surface area (Å²) in [7, 11) is 0. The molecule has 1 amide bonds. The van der Waals surface area contributed by atoms with Crippen molar-refractivity contribution in [2.24, 2.45) is 0 Å². The maximum Gasteiger partial charge on any atom is 0.255 e. The summed E-state index contributed by atoms with van der Waals surface area (Å²) in [4.78, 5) is 16.9.